The maximum Gasteiger partial charge on any atom is 0.0689 e. The second-order valence-electron chi connectivity index (χ2n) is 5.53. The minimum Gasteiger partial charge on any atom is -0.198 e. The molecule has 1 saturated carbocycles. The van der Waals surface area contributed by atoms with Crippen LogP contribution < -0.4 is 0 Å². The summed E-state index contributed by atoms with van der Waals surface area (Å²) in [5.74, 6) is 1.49. The molecule has 2 unspecified atom stereocenters. The zero-order valence-corrected chi connectivity index (χ0v) is 9.84. The summed E-state index contributed by atoms with van der Waals surface area (Å²) in [5, 5.41) is 9.32. The van der Waals surface area contributed by atoms with E-state index in [1.54, 1.807) is 0 Å². The number of nitriles is 1. The lowest BCUT2D eigenvalue weighted by Crippen LogP contribution is -2.26. The van der Waals surface area contributed by atoms with Gasteiger partial charge in [0.25, 0.3) is 0 Å². The molecular formula is C13H23N. The molecule has 0 saturated heterocycles. The van der Waals surface area contributed by atoms with Crippen LogP contribution in [0.15, 0.2) is 0 Å². The van der Waals surface area contributed by atoms with Crippen molar-refractivity contribution in [3.05, 3.63) is 0 Å². The second-order valence-corrected chi connectivity index (χ2v) is 5.53. The van der Waals surface area contributed by atoms with Crippen molar-refractivity contribution in [3.63, 3.8) is 0 Å². The van der Waals surface area contributed by atoms with Crippen molar-refractivity contribution in [2.45, 2.75) is 59.3 Å². The molecule has 0 aliphatic heterocycles. The van der Waals surface area contributed by atoms with Gasteiger partial charge in [0, 0.05) is 0 Å². The molecule has 0 N–H and O–H groups in total. The van der Waals surface area contributed by atoms with Crippen LogP contribution in [0.1, 0.15) is 59.3 Å². The lowest BCUT2D eigenvalue weighted by molar-refractivity contribution is 0.187. The minimum atomic E-state index is 0.0297. The number of nitrogens with zero attached hydrogens (tertiary/aromatic N) is 1. The fourth-order valence-corrected chi connectivity index (χ4v) is 2.61. The highest BCUT2D eigenvalue weighted by Crippen LogP contribution is 2.42. The molecule has 1 heteroatoms. The van der Waals surface area contributed by atoms with Gasteiger partial charge in [0.05, 0.1) is 11.5 Å². The molecular weight excluding hydrogens is 170 g/mol. The molecule has 1 aliphatic carbocycles. The Hall–Kier alpha value is -0.510. The summed E-state index contributed by atoms with van der Waals surface area (Å²) in [7, 11) is 0. The summed E-state index contributed by atoms with van der Waals surface area (Å²) in [5.41, 5.74) is 0.0297. The van der Waals surface area contributed by atoms with E-state index in [1.165, 1.54) is 19.3 Å². The molecule has 1 aliphatic rings. The zero-order valence-electron chi connectivity index (χ0n) is 9.84. The quantitative estimate of drug-likeness (QED) is 0.660. The van der Waals surface area contributed by atoms with Gasteiger partial charge in [-0.15, -0.1) is 0 Å². The topological polar surface area (TPSA) is 23.8 Å². The molecule has 0 amide bonds. The van der Waals surface area contributed by atoms with Crippen LogP contribution in [0, 0.1) is 28.6 Å². The molecule has 14 heavy (non-hydrogen) atoms. The minimum absolute atomic E-state index is 0.0297. The van der Waals surface area contributed by atoms with Gasteiger partial charge in [-0.05, 0) is 37.5 Å². The van der Waals surface area contributed by atoms with Gasteiger partial charge in [0.1, 0.15) is 0 Å². The lowest BCUT2D eigenvalue weighted by atomic mass is 9.68. The highest BCUT2D eigenvalue weighted by molar-refractivity contribution is 5.01. The van der Waals surface area contributed by atoms with Crippen LogP contribution in [-0.4, -0.2) is 0 Å². The van der Waals surface area contributed by atoms with Crippen LogP contribution in [0.4, 0.5) is 0 Å². The van der Waals surface area contributed by atoms with E-state index in [1.807, 2.05) is 0 Å². The van der Waals surface area contributed by atoms with Gasteiger partial charge in [0.15, 0.2) is 0 Å². The van der Waals surface area contributed by atoms with E-state index in [2.05, 4.69) is 26.8 Å². The van der Waals surface area contributed by atoms with E-state index in [4.69, 9.17) is 0 Å². The van der Waals surface area contributed by atoms with Crippen LogP contribution >= 0.6 is 0 Å². The smallest absolute Gasteiger partial charge is 0.0689 e. The molecule has 0 radical (unpaired) electrons. The van der Waals surface area contributed by atoms with Crippen molar-refractivity contribution < 1.29 is 0 Å². The number of hydrogen-bond donors (Lipinski definition) is 0. The molecule has 0 aromatic heterocycles. The predicted molar refractivity (Wildman–Crippen MR) is 59.8 cm³/mol. The van der Waals surface area contributed by atoms with Gasteiger partial charge < -0.3 is 0 Å². The maximum absolute atomic E-state index is 9.32. The molecule has 0 aromatic rings. The Labute approximate surface area is 88.5 Å². The fraction of sp³-hybridized carbons (Fsp3) is 0.923. The van der Waals surface area contributed by atoms with Crippen molar-refractivity contribution in [1.29, 1.82) is 5.26 Å². The first-order valence-electron chi connectivity index (χ1n) is 5.99. The third-order valence-corrected chi connectivity index (χ3v) is 3.53. The molecule has 0 bridgehead atoms. The third-order valence-electron chi connectivity index (χ3n) is 3.53. The van der Waals surface area contributed by atoms with Crippen molar-refractivity contribution in [2.75, 3.05) is 0 Å². The van der Waals surface area contributed by atoms with Gasteiger partial charge in [-0.3, -0.25) is 0 Å². The molecule has 2 atom stereocenters. The summed E-state index contributed by atoms with van der Waals surface area (Å²) in [6.07, 6.45) is 7.18. The van der Waals surface area contributed by atoms with Gasteiger partial charge >= 0.3 is 0 Å². The Morgan fingerprint density at radius 2 is 2.21 bits per heavy atom. The molecule has 0 spiro atoms. The van der Waals surface area contributed by atoms with Crippen LogP contribution in [-0.2, 0) is 0 Å². The number of hydrogen-bond acceptors (Lipinski definition) is 1. The second kappa shape index (κ2) is 4.82. The number of rotatable bonds is 3. The Balaban J connectivity index is 2.53. The summed E-state index contributed by atoms with van der Waals surface area (Å²) in [4.78, 5) is 0. The van der Waals surface area contributed by atoms with Crippen LogP contribution in [0.2, 0.25) is 0 Å². The predicted octanol–water partition coefficient (Wildman–Crippen LogP) is 4.14. The normalized spacial score (nSPS) is 32.9. The Morgan fingerprint density at radius 3 is 2.71 bits per heavy atom. The molecule has 0 aromatic carbocycles. The van der Waals surface area contributed by atoms with E-state index < -0.39 is 0 Å². The van der Waals surface area contributed by atoms with E-state index in [0.29, 0.717) is 0 Å². The van der Waals surface area contributed by atoms with E-state index in [0.717, 1.165) is 31.1 Å². The first kappa shape index (κ1) is 11.6. The SMILES string of the molecule is CC(C)CCC1(C#N)CCCC(C)C1. The highest BCUT2D eigenvalue weighted by Gasteiger charge is 2.34. The first-order valence-corrected chi connectivity index (χ1v) is 5.99. The average Bonchev–Trinajstić information content (AvgIpc) is 2.15. The van der Waals surface area contributed by atoms with E-state index in [9.17, 15) is 5.26 Å². The van der Waals surface area contributed by atoms with Gasteiger partial charge in [0.2, 0.25) is 0 Å². The van der Waals surface area contributed by atoms with Crippen molar-refractivity contribution in [2.24, 2.45) is 17.3 Å². The van der Waals surface area contributed by atoms with Gasteiger partial charge in [-0.2, -0.15) is 5.26 Å². The zero-order chi connectivity index (χ0) is 10.6. The highest BCUT2D eigenvalue weighted by atomic mass is 14.4. The molecule has 80 valence electrons. The monoisotopic (exact) mass is 193 g/mol. The summed E-state index contributed by atoms with van der Waals surface area (Å²) >= 11 is 0. The fourth-order valence-electron chi connectivity index (χ4n) is 2.61. The first-order chi connectivity index (χ1) is 6.58. The van der Waals surface area contributed by atoms with Crippen molar-refractivity contribution in [3.8, 4) is 6.07 Å². The van der Waals surface area contributed by atoms with Gasteiger partial charge in [-0.25, -0.2) is 0 Å². The Morgan fingerprint density at radius 1 is 1.50 bits per heavy atom. The summed E-state index contributed by atoms with van der Waals surface area (Å²) in [6, 6.07) is 2.60. The van der Waals surface area contributed by atoms with Crippen LogP contribution in [0.3, 0.4) is 0 Å². The Kier molecular flexibility index (Phi) is 3.98. The van der Waals surface area contributed by atoms with E-state index in [-0.39, 0.29) is 5.41 Å². The average molecular weight is 193 g/mol. The molecule has 0 heterocycles. The molecule has 1 nitrogen and oxygen atoms in total. The van der Waals surface area contributed by atoms with E-state index >= 15 is 0 Å². The van der Waals surface area contributed by atoms with Crippen LogP contribution in [0.25, 0.3) is 0 Å². The van der Waals surface area contributed by atoms with Gasteiger partial charge in [-0.1, -0.05) is 33.6 Å². The maximum atomic E-state index is 9.32. The van der Waals surface area contributed by atoms with Crippen molar-refractivity contribution >= 4 is 0 Å². The van der Waals surface area contributed by atoms with Crippen LogP contribution in [0.5, 0.6) is 0 Å². The third kappa shape index (κ3) is 3.01. The molecule has 1 fully saturated rings. The standard InChI is InChI=1S/C13H23N/c1-11(2)6-8-13(10-14)7-4-5-12(3)9-13/h11-12H,4-9H2,1-3H3. The lowest BCUT2D eigenvalue weighted by Gasteiger charge is -2.34. The Bertz CT molecular complexity index is 214. The van der Waals surface area contributed by atoms with Crippen molar-refractivity contribution in [1.82, 2.24) is 0 Å². The molecule has 1 rings (SSSR count). The largest absolute Gasteiger partial charge is 0.198 e. The summed E-state index contributed by atoms with van der Waals surface area (Å²) < 4.78 is 0. The summed E-state index contributed by atoms with van der Waals surface area (Å²) in [6.45, 7) is 6.79.